The van der Waals surface area contributed by atoms with Crippen LogP contribution in [0, 0.1) is 6.92 Å². The molecular weight excluding hydrogens is 312 g/mol. The van der Waals surface area contributed by atoms with Crippen LogP contribution < -0.4 is 5.32 Å². The van der Waals surface area contributed by atoms with Crippen molar-refractivity contribution in [2.75, 3.05) is 6.54 Å². The molecule has 1 fully saturated rings. The van der Waals surface area contributed by atoms with Crippen LogP contribution in [0.1, 0.15) is 55.7 Å². The minimum atomic E-state index is -0.983. The molecule has 0 bridgehead atoms. The van der Waals surface area contributed by atoms with Gasteiger partial charge in [-0.3, -0.25) is 14.4 Å². The van der Waals surface area contributed by atoms with Crippen LogP contribution >= 0.6 is 0 Å². The lowest BCUT2D eigenvalue weighted by Crippen LogP contribution is -2.32. The van der Waals surface area contributed by atoms with E-state index in [1.54, 1.807) is 18.0 Å². The Morgan fingerprint density at radius 2 is 2.12 bits per heavy atom. The molecule has 1 aromatic heterocycles. The van der Waals surface area contributed by atoms with Gasteiger partial charge in [-0.25, -0.2) is 9.97 Å². The summed E-state index contributed by atoms with van der Waals surface area (Å²) in [7, 11) is 0. The van der Waals surface area contributed by atoms with Crippen LogP contribution in [0.2, 0.25) is 0 Å². The average Bonchev–Trinajstić information content (AvgIpc) is 3.00. The van der Waals surface area contributed by atoms with Crippen molar-refractivity contribution < 1.29 is 19.5 Å². The van der Waals surface area contributed by atoms with Crippen molar-refractivity contribution >= 4 is 17.8 Å². The molecule has 0 saturated carbocycles. The molecule has 1 unspecified atom stereocenters. The Kier molecular flexibility index (Phi) is 5.83. The predicted molar refractivity (Wildman–Crippen MR) is 84.8 cm³/mol. The zero-order valence-electron chi connectivity index (χ0n) is 13.9. The lowest BCUT2D eigenvalue weighted by Gasteiger charge is -2.26. The fraction of sp³-hybridized carbons (Fsp3) is 0.562. The minimum Gasteiger partial charge on any atom is -0.481 e. The second-order valence-corrected chi connectivity index (χ2v) is 5.88. The topological polar surface area (TPSA) is 112 Å². The molecule has 0 spiro atoms. The first kappa shape index (κ1) is 17.8. The van der Waals surface area contributed by atoms with E-state index in [2.05, 4.69) is 15.3 Å². The van der Waals surface area contributed by atoms with Crippen LogP contribution in [-0.2, 0) is 20.9 Å². The van der Waals surface area contributed by atoms with Gasteiger partial charge in [-0.15, -0.1) is 0 Å². The summed E-state index contributed by atoms with van der Waals surface area (Å²) in [5.74, 6) is -0.714. The highest BCUT2D eigenvalue weighted by Gasteiger charge is 2.32. The van der Waals surface area contributed by atoms with Gasteiger partial charge in [-0.2, -0.15) is 0 Å². The maximum atomic E-state index is 12.3. The number of carbonyl (C=O) groups is 3. The van der Waals surface area contributed by atoms with E-state index in [0.29, 0.717) is 18.9 Å². The van der Waals surface area contributed by atoms with Crippen molar-refractivity contribution in [2.24, 2.45) is 0 Å². The van der Waals surface area contributed by atoms with Gasteiger partial charge < -0.3 is 15.3 Å². The second-order valence-electron chi connectivity index (χ2n) is 5.88. The molecule has 130 valence electrons. The molecule has 0 aromatic carbocycles. The van der Waals surface area contributed by atoms with Crippen LogP contribution in [0.15, 0.2) is 6.20 Å². The number of aromatic nitrogens is 2. The lowest BCUT2D eigenvalue weighted by atomic mass is 10.1. The monoisotopic (exact) mass is 334 g/mol. The Morgan fingerprint density at radius 1 is 1.38 bits per heavy atom. The molecule has 8 heteroatoms. The van der Waals surface area contributed by atoms with Gasteiger partial charge in [0.25, 0.3) is 0 Å². The van der Waals surface area contributed by atoms with E-state index in [0.717, 1.165) is 24.1 Å². The van der Waals surface area contributed by atoms with Crippen molar-refractivity contribution in [3.8, 4) is 0 Å². The number of likely N-dealkylation sites (tertiary alicyclic amines) is 1. The molecule has 2 rings (SSSR count). The summed E-state index contributed by atoms with van der Waals surface area (Å²) in [5, 5.41) is 11.5. The first-order chi connectivity index (χ1) is 11.4. The fourth-order valence-electron chi connectivity index (χ4n) is 2.86. The second kappa shape index (κ2) is 7.85. The number of hydrogen-bond acceptors (Lipinski definition) is 5. The minimum absolute atomic E-state index is 0.0169. The van der Waals surface area contributed by atoms with Crippen LogP contribution in [-0.4, -0.2) is 44.3 Å². The van der Waals surface area contributed by atoms with Gasteiger partial charge in [0.1, 0.15) is 5.82 Å². The number of carbonyl (C=O) groups excluding carboxylic acids is 2. The number of carboxylic acid groups (broad SMARTS) is 1. The Labute approximate surface area is 140 Å². The van der Waals surface area contributed by atoms with Crippen molar-refractivity contribution in [1.29, 1.82) is 0 Å². The molecule has 1 atom stereocenters. The summed E-state index contributed by atoms with van der Waals surface area (Å²) in [5.41, 5.74) is 1.51. The van der Waals surface area contributed by atoms with Gasteiger partial charge in [0.05, 0.1) is 18.2 Å². The highest BCUT2D eigenvalue weighted by molar-refractivity contribution is 5.81. The zero-order valence-corrected chi connectivity index (χ0v) is 13.9. The Hall–Kier alpha value is -2.51. The van der Waals surface area contributed by atoms with Crippen LogP contribution in [0.5, 0.6) is 0 Å². The van der Waals surface area contributed by atoms with E-state index in [9.17, 15) is 14.4 Å². The normalized spacial score (nSPS) is 16.9. The fourth-order valence-corrected chi connectivity index (χ4v) is 2.86. The number of hydrogen-bond donors (Lipinski definition) is 2. The summed E-state index contributed by atoms with van der Waals surface area (Å²) in [6, 6.07) is -0.197. The van der Waals surface area contributed by atoms with Crippen molar-refractivity contribution in [3.05, 3.63) is 23.3 Å². The smallest absolute Gasteiger partial charge is 0.303 e. The maximum absolute atomic E-state index is 12.3. The SMILES string of the molecule is CC(=O)NCc1cnc(C)nc1C1CCCN1C(=O)CCC(=O)O. The Bertz CT molecular complexity index is 647. The van der Waals surface area contributed by atoms with Gasteiger partial charge in [0, 0.05) is 38.2 Å². The molecule has 1 aliphatic heterocycles. The molecule has 8 nitrogen and oxygen atoms in total. The van der Waals surface area contributed by atoms with Crippen molar-refractivity contribution in [1.82, 2.24) is 20.2 Å². The van der Waals surface area contributed by atoms with Gasteiger partial charge in [0.2, 0.25) is 11.8 Å². The lowest BCUT2D eigenvalue weighted by molar-refractivity contribution is -0.141. The van der Waals surface area contributed by atoms with E-state index >= 15 is 0 Å². The van der Waals surface area contributed by atoms with Crippen molar-refractivity contribution in [3.63, 3.8) is 0 Å². The standard InChI is InChI=1S/C16H22N4O4/c1-10-17-8-12(9-18-11(2)21)16(19-10)13-4-3-7-20(13)14(22)5-6-15(23)24/h8,13H,3-7,9H2,1-2H3,(H,18,21)(H,23,24). The third-order valence-corrected chi connectivity index (χ3v) is 3.99. The predicted octanol–water partition coefficient (Wildman–Crippen LogP) is 0.949. The van der Waals surface area contributed by atoms with Gasteiger partial charge >= 0.3 is 5.97 Å². The number of aryl methyl sites for hydroxylation is 1. The summed E-state index contributed by atoms with van der Waals surface area (Å²) in [4.78, 5) is 44.6. The van der Waals surface area contributed by atoms with Crippen LogP contribution in [0.3, 0.4) is 0 Å². The molecule has 0 radical (unpaired) electrons. The Balaban J connectivity index is 2.21. The van der Waals surface area contributed by atoms with Gasteiger partial charge in [-0.1, -0.05) is 0 Å². The Morgan fingerprint density at radius 3 is 2.79 bits per heavy atom. The molecule has 2 amide bonds. The molecular formula is C16H22N4O4. The highest BCUT2D eigenvalue weighted by atomic mass is 16.4. The van der Waals surface area contributed by atoms with E-state index in [1.807, 2.05) is 0 Å². The number of nitrogens with one attached hydrogen (secondary N) is 1. The molecule has 1 aromatic rings. The van der Waals surface area contributed by atoms with E-state index < -0.39 is 5.97 Å². The van der Waals surface area contributed by atoms with E-state index in [-0.39, 0.29) is 30.7 Å². The highest BCUT2D eigenvalue weighted by Crippen LogP contribution is 2.33. The number of amides is 2. The first-order valence-electron chi connectivity index (χ1n) is 7.96. The van der Waals surface area contributed by atoms with Crippen molar-refractivity contribution in [2.45, 2.75) is 52.1 Å². The zero-order chi connectivity index (χ0) is 17.7. The summed E-state index contributed by atoms with van der Waals surface area (Å²) in [6.45, 7) is 4.10. The quantitative estimate of drug-likeness (QED) is 0.801. The number of nitrogens with zero attached hydrogens (tertiary/aromatic N) is 3. The maximum Gasteiger partial charge on any atom is 0.303 e. The molecule has 0 aliphatic carbocycles. The average molecular weight is 334 g/mol. The molecule has 24 heavy (non-hydrogen) atoms. The summed E-state index contributed by atoms with van der Waals surface area (Å²) in [6.07, 6.45) is 3.08. The summed E-state index contributed by atoms with van der Waals surface area (Å²) < 4.78 is 0. The van der Waals surface area contributed by atoms with Crippen LogP contribution in [0.4, 0.5) is 0 Å². The molecule has 2 heterocycles. The largest absolute Gasteiger partial charge is 0.481 e. The third-order valence-electron chi connectivity index (χ3n) is 3.99. The molecule has 1 aliphatic rings. The number of rotatable bonds is 6. The number of aliphatic carboxylic acids is 1. The number of carboxylic acids is 1. The third kappa shape index (κ3) is 4.50. The first-order valence-corrected chi connectivity index (χ1v) is 7.96. The van der Waals surface area contributed by atoms with Gasteiger partial charge in [-0.05, 0) is 19.8 Å². The van der Waals surface area contributed by atoms with Gasteiger partial charge in [0.15, 0.2) is 0 Å². The molecule has 2 N–H and O–H groups in total. The van der Waals surface area contributed by atoms with E-state index in [4.69, 9.17) is 5.11 Å². The van der Waals surface area contributed by atoms with Crippen LogP contribution in [0.25, 0.3) is 0 Å². The summed E-state index contributed by atoms with van der Waals surface area (Å²) >= 11 is 0. The van der Waals surface area contributed by atoms with E-state index in [1.165, 1.54) is 6.92 Å². The molecule has 1 saturated heterocycles.